The summed E-state index contributed by atoms with van der Waals surface area (Å²) >= 11 is 0. The summed E-state index contributed by atoms with van der Waals surface area (Å²) < 4.78 is 67.7. The minimum absolute atomic E-state index is 0.101. The molecule has 3 N–H and O–H groups in total. The van der Waals surface area contributed by atoms with Crippen molar-refractivity contribution in [1.29, 1.82) is 0 Å². The number of aliphatic hydroxyl groups is 1. The van der Waals surface area contributed by atoms with Crippen molar-refractivity contribution in [3.05, 3.63) is 0 Å². The number of hydrogen-bond acceptors (Lipinski definition) is 15. The fraction of sp³-hybridized carbons (Fsp3) is 0.932. The third kappa shape index (κ3) is 53.4. The number of rotatable bonds is 58. The van der Waals surface area contributed by atoms with Crippen LogP contribution < -0.4 is 0 Å². The summed E-state index contributed by atoms with van der Waals surface area (Å²) in [5.74, 6) is -0.798. The van der Waals surface area contributed by atoms with Crippen molar-refractivity contribution in [1.82, 2.24) is 0 Å². The molecule has 0 spiro atoms. The lowest BCUT2D eigenvalue weighted by molar-refractivity contribution is -0.161. The summed E-state index contributed by atoms with van der Waals surface area (Å²) in [6.45, 7) is 9.26. The fourth-order valence-electron chi connectivity index (χ4n) is 8.65. The molecule has 0 fully saturated rings. The van der Waals surface area contributed by atoms with Crippen molar-refractivity contribution < 1.29 is 80.2 Å². The van der Waals surface area contributed by atoms with Crippen LogP contribution in [0.15, 0.2) is 0 Å². The summed E-state index contributed by atoms with van der Waals surface area (Å²) in [7, 11) is -9.87. The van der Waals surface area contributed by atoms with Gasteiger partial charge in [0.15, 0.2) is 12.2 Å². The van der Waals surface area contributed by atoms with Crippen LogP contribution in [0.1, 0.15) is 286 Å². The lowest BCUT2D eigenvalue weighted by Gasteiger charge is -2.21. The van der Waals surface area contributed by atoms with Gasteiger partial charge in [0.25, 0.3) is 0 Å². The predicted octanol–water partition coefficient (Wildman–Crippen LogP) is 15.7. The molecular formula is C59H114O17P2. The van der Waals surface area contributed by atoms with Gasteiger partial charge in [0.05, 0.1) is 26.4 Å². The Hall–Kier alpha value is -1.94. The molecule has 0 aliphatic rings. The quantitative estimate of drug-likeness (QED) is 0.0222. The van der Waals surface area contributed by atoms with E-state index in [1.165, 1.54) is 96.3 Å². The number of phosphoric acid groups is 2. The Labute approximate surface area is 473 Å². The third-order valence-electron chi connectivity index (χ3n) is 13.5. The van der Waals surface area contributed by atoms with E-state index in [0.29, 0.717) is 37.5 Å². The minimum atomic E-state index is -4.94. The van der Waals surface area contributed by atoms with Crippen LogP contribution in [0.3, 0.4) is 0 Å². The van der Waals surface area contributed by atoms with E-state index in [4.69, 9.17) is 37.0 Å². The average Bonchev–Trinajstić information content (AvgIpc) is 3.39. The minimum Gasteiger partial charge on any atom is -0.462 e. The molecule has 0 aliphatic carbocycles. The highest BCUT2D eigenvalue weighted by atomic mass is 31.2. The lowest BCUT2D eigenvalue weighted by Crippen LogP contribution is -2.30. The first-order valence-corrected chi connectivity index (χ1v) is 34.0. The van der Waals surface area contributed by atoms with Gasteiger partial charge in [0.1, 0.15) is 19.3 Å². The molecule has 0 heterocycles. The first-order chi connectivity index (χ1) is 37.4. The molecule has 462 valence electrons. The number of esters is 4. The largest absolute Gasteiger partial charge is 0.472 e. The number of hydrogen-bond donors (Lipinski definition) is 3. The zero-order valence-corrected chi connectivity index (χ0v) is 51.7. The second-order valence-electron chi connectivity index (χ2n) is 22.3. The second-order valence-corrected chi connectivity index (χ2v) is 25.2. The number of carbonyl (C=O) groups excluding carboxylic acids is 4. The molecule has 0 bridgehead atoms. The Morgan fingerprint density at radius 2 is 0.590 bits per heavy atom. The van der Waals surface area contributed by atoms with Crippen LogP contribution in [0.5, 0.6) is 0 Å². The highest BCUT2D eigenvalue weighted by Crippen LogP contribution is 2.45. The van der Waals surface area contributed by atoms with E-state index in [-0.39, 0.29) is 25.7 Å². The van der Waals surface area contributed by atoms with Crippen LogP contribution in [0.2, 0.25) is 0 Å². The molecule has 0 aliphatic heterocycles. The SMILES string of the molecule is CCCCCCCCCCCCC(=O)OC[C@H](COP(=O)(O)OC[C@@H](O)COP(=O)(O)OC[C@@H](COC(=O)CCCCCCCCC(C)C)OC(=O)CCCCCCCCC(C)C)OC(=O)CCCCCCCCCCCC. The van der Waals surface area contributed by atoms with Gasteiger partial charge < -0.3 is 33.8 Å². The van der Waals surface area contributed by atoms with Gasteiger partial charge in [-0.05, 0) is 37.5 Å². The van der Waals surface area contributed by atoms with Gasteiger partial charge in [-0.25, -0.2) is 9.13 Å². The van der Waals surface area contributed by atoms with E-state index < -0.39 is 97.5 Å². The molecule has 2 unspecified atom stereocenters. The molecule has 78 heavy (non-hydrogen) atoms. The second kappa shape index (κ2) is 51.9. The highest BCUT2D eigenvalue weighted by molar-refractivity contribution is 7.47. The van der Waals surface area contributed by atoms with E-state index >= 15 is 0 Å². The van der Waals surface area contributed by atoms with Gasteiger partial charge in [0, 0.05) is 25.7 Å². The third-order valence-corrected chi connectivity index (χ3v) is 15.4. The maximum absolute atomic E-state index is 12.9. The number of unbranched alkanes of at least 4 members (excludes halogenated alkanes) is 28. The normalized spacial score (nSPS) is 14.4. The number of ether oxygens (including phenoxy) is 4. The molecule has 5 atom stereocenters. The van der Waals surface area contributed by atoms with Gasteiger partial charge in [-0.3, -0.25) is 37.3 Å². The molecule has 0 amide bonds. The standard InChI is InChI=1S/C59H114O17P2/c1-7-9-11-13-15-17-19-21-29-35-41-56(61)69-47-54(75-58(63)43-37-31-22-20-18-16-14-12-10-8-2)49-73-77(65,66)71-45-53(60)46-72-78(67,68)74-50-55(76-59(64)44-38-32-26-24-28-34-40-52(5)6)48-70-57(62)42-36-30-25-23-27-33-39-51(3)4/h51-55,60H,7-50H2,1-6H3,(H,65,66)(H,67,68)/t53-,54-,55-/m1/s1. The van der Waals surface area contributed by atoms with Crippen molar-refractivity contribution >= 4 is 39.5 Å². The molecule has 0 aromatic heterocycles. The Balaban J connectivity index is 5.23. The molecular weight excluding hydrogens is 1040 g/mol. The van der Waals surface area contributed by atoms with E-state index in [0.717, 1.165) is 96.3 Å². The smallest absolute Gasteiger partial charge is 0.462 e. The molecule has 17 nitrogen and oxygen atoms in total. The fourth-order valence-corrected chi connectivity index (χ4v) is 10.2. The average molecular weight is 1160 g/mol. The van der Waals surface area contributed by atoms with Crippen LogP contribution in [-0.4, -0.2) is 96.7 Å². The Bertz CT molecular complexity index is 1550. The Kier molecular flexibility index (Phi) is 50.6. The molecule has 0 radical (unpaired) electrons. The first kappa shape index (κ1) is 76.1. The van der Waals surface area contributed by atoms with Gasteiger partial charge in [-0.15, -0.1) is 0 Å². The summed E-state index contributed by atoms with van der Waals surface area (Å²) in [5.41, 5.74) is 0. The monoisotopic (exact) mass is 1160 g/mol. The van der Waals surface area contributed by atoms with Gasteiger partial charge in [0.2, 0.25) is 0 Å². The van der Waals surface area contributed by atoms with Gasteiger partial charge >= 0.3 is 39.5 Å². The lowest BCUT2D eigenvalue weighted by atomic mass is 10.0. The first-order valence-electron chi connectivity index (χ1n) is 31.0. The van der Waals surface area contributed by atoms with Crippen LogP contribution >= 0.6 is 15.6 Å². The zero-order valence-electron chi connectivity index (χ0n) is 50.0. The van der Waals surface area contributed by atoms with Crippen molar-refractivity contribution in [2.75, 3.05) is 39.6 Å². The van der Waals surface area contributed by atoms with E-state index in [2.05, 4.69) is 41.5 Å². The summed E-state index contributed by atoms with van der Waals surface area (Å²) in [5, 5.41) is 10.5. The predicted molar refractivity (Wildman–Crippen MR) is 308 cm³/mol. The Morgan fingerprint density at radius 1 is 0.346 bits per heavy atom. The number of phosphoric ester groups is 2. The molecule has 0 aromatic carbocycles. The van der Waals surface area contributed by atoms with Crippen molar-refractivity contribution in [2.45, 2.75) is 304 Å². The maximum atomic E-state index is 12.9. The van der Waals surface area contributed by atoms with Gasteiger partial charge in [-0.2, -0.15) is 0 Å². The molecule has 0 saturated heterocycles. The molecule has 0 aromatic rings. The van der Waals surface area contributed by atoms with Crippen LogP contribution in [0.4, 0.5) is 0 Å². The summed E-state index contributed by atoms with van der Waals surface area (Å²) in [6, 6.07) is 0. The number of aliphatic hydroxyl groups excluding tert-OH is 1. The van der Waals surface area contributed by atoms with Crippen LogP contribution in [0.25, 0.3) is 0 Å². The van der Waals surface area contributed by atoms with Crippen molar-refractivity contribution in [3.8, 4) is 0 Å². The van der Waals surface area contributed by atoms with E-state index in [1.807, 2.05) is 0 Å². The maximum Gasteiger partial charge on any atom is 0.472 e. The highest BCUT2D eigenvalue weighted by Gasteiger charge is 2.30. The van der Waals surface area contributed by atoms with Crippen molar-refractivity contribution in [3.63, 3.8) is 0 Å². The summed E-state index contributed by atoms with van der Waals surface area (Å²) in [4.78, 5) is 71.8. The zero-order chi connectivity index (χ0) is 58.0. The van der Waals surface area contributed by atoms with Crippen LogP contribution in [0, 0.1) is 11.8 Å². The molecule has 0 saturated carbocycles. The van der Waals surface area contributed by atoms with E-state index in [1.54, 1.807) is 0 Å². The van der Waals surface area contributed by atoms with E-state index in [9.17, 15) is 43.2 Å². The van der Waals surface area contributed by atoms with Gasteiger partial charge in [-0.1, -0.05) is 234 Å². The summed E-state index contributed by atoms with van der Waals surface area (Å²) in [6.07, 6.45) is 32.4. The number of carbonyl (C=O) groups is 4. The topological polar surface area (TPSA) is 237 Å². The molecule has 19 heteroatoms. The van der Waals surface area contributed by atoms with Crippen molar-refractivity contribution in [2.24, 2.45) is 11.8 Å². The molecule has 0 rings (SSSR count). The van der Waals surface area contributed by atoms with Crippen LogP contribution in [-0.2, 0) is 65.4 Å². The Morgan fingerprint density at radius 3 is 0.872 bits per heavy atom.